The Morgan fingerprint density at radius 3 is 2.73 bits per heavy atom. The molecule has 0 aromatic carbocycles. The summed E-state index contributed by atoms with van der Waals surface area (Å²) in [5, 5.41) is 9.72. The molecule has 0 atom stereocenters. The van der Waals surface area contributed by atoms with E-state index in [2.05, 4.69) is 27.4 Å². The first-order valence-electron chi connectivity index (χ1n) is 3.46. The molecule has 0 amide bonds. The Morgan fingerprint density at radius 2 is 2.27 bits per heavy atom. The minimum absolute atomic E-state index is 0. The van der Waals surface area contributed by atoms with Crippen molar-refractivity contribution in [2.75, 3.05) is 11.9 Å². The highest BCUT2D eigenvalue weighted by molar-refractivity contribution is 5.85. The van der Waals surface area contributed by atoms with Crippen molar-refractivity contribution in [2.45, 2.75) is 20.3 Å². The number of aromatic nitrogens is 3. The van der Waals surface area contributed by atoms with E-state index in [0.29, 0.717) is 5.95 Å². The highest BCUT2D eigenvalue weighted by Crippen LogP contribution is 1.95. The van der Waals surface area contributed by atoms with Crippen molar-refractivity contribution in [1.29, 1.82) is 0 Å². The number of aromatic amines is 1. The van der Waals surface area contributed by atoms with Crippen molar-refractivity contribution in [1.82, 2.24) is 15.2 Å². The van der Waals surface area contributed by atoms with Crippen molar-refractivity contribution in [3.63, 3.8) is 0 Å². The molecule has 4 nitrogen and oxygen atoms in total. The van der Waals surface area contributed by atoms with Crippen molar-refractivity contribution >= 4 is 18.4 Å². The van der Waals surface area contributed by atoms with Crippen LogP contribution in [-0.4, -0.2) is 21.7 Å². The lowest BCUT2D eigenvalue weighted by Gasteiger charge is -1.94. The van der Waals surface area contributed by atoms with E-state index in [1.165, 1.54) is 0 Å². The van der Waals surface area contributed by atoms with Gasteiger partial charge in [0.25, 0.3) is 0 Å². The van der Waals surface area contributed by atoms with E-state index < -0.39 is 0 Å². The van der Waals surface area contributed by atoms with Crippen LogP contribution in [0.1, 0.15) is 19.2 Å². The predicted octanol–water partition coefficient (Wildman–Crippen LogP) is 1.36. The largest absolute Gasteiger partial charge is 0.353 e. The quantitative estimate of drug-likeness (QED) is 0.731. The lowest BCUT2D eigenvalue weighted by Crippen LogP contribution is -2.00. The summed E-state index contributed by atoms with van der Waals surface area (Å²) in [4.78, 5) is 4.07. The molecule has 1 heterocycles. The average Bonchev–Trinajstić information content (AvgIpc) is 2.31. The van der Waals surface area contributed by atoms with Crippen LogP contribution in [0.3, 0.4) is 0 Å². The zero-order chi connectivity index (χ0) is 7.40. The van der Waals surface area contributed by atoms with E-state index in [-0.39, 0.29) is 12.4 Å². The van der Waals surface area contributed by atoms with Gasteiger partial charge in [-0.15, -0.1) is 17.5 Å². The first-order chi connectivity index (χ1) is 4.83. The standard InChI is InChI=1S/C6H12N4.ClH/c1-3-4-7-6-8-5(2)9-10-6;/h3-4H2,1-2H3,(H2,7,8,9,10);1H. The van der Waals surface area contributed by atoms with Crippen LogP contribution in [0.2, 0.25) is 0 Å². The fourth-order valence-electron chi connectivity index (χ4n) is 0.659. The van der Waals surface area contributed by atoms with Crippen LogP contribution in [0.5, 0.6) is 0 Å². The molecule has 0 bridgehead atoms. The molecule has 0 spiro atoms. The predicted molar refractivity (Wildman–Crippen MR) is 47.1 cm³/mol. The van der Waals surface area contributed by atoms with Gasteiger partial charge in [0, 0.05) is 6.54 Å². The first-order valence-corrected chi connectivity index (χ1v) is 3.46. The van der Waals surface area contributed by atoms with Gasteiger partial charge >= 0.3 is 0 Å². The van der Waals surface area contributed by atoms with Crippen LogP contribution in [0.4, 0.5) is 5.95 Å². The fraction of sp³-hybridized carbons (Fsp3) is 0.667. The molecule has 1 aromatic rings. The van der Waals surface area contributed by atoms with Gasteiger partial charge in [0.1, 0.15) is 5.82 Å². The van der Waals surface area contributed by atoms with Gasteiger partial charge in [-0.05, 0) is 13.3 Å². The SMILES string of the molecule is CCCNc1n[nH]c(C)n1.Cl. The zero-order valence-electron chi connectivity index (χ0n) is 6.72. The number of nitrogens with zero attached hydrogens (tertiary/aromatic N) is 2. The fourth-order valence-corrected chi connectivity index (χ4v) is 0.659. The second-order valence-electron chi connectivity index (χ2n) is 2.17. The number of hydrogen-bond donors (Lipinski definition) is 2. The molecule has 1 rings (SSSR count). The number of H-pyrrole nitrogens is 1. The maximum atomic E-state index is 4.07. The lowest BCUT2D eigenvalue weighted by molar-refractivity contribution is 0.953. The Labute approximate surface area is 72.2 Å². The van der Waals surface area contributed by atoms with Crippen LogP contribution >= 0.6 is 12.4 Å². The Morgan fingerprint density at radius 1 is 1.55 bits per heavy atom. The minimum Gasteiger partial charge on any atom is -0.353 e. The molecule has 0 saturated carbocycles. The summed E-state index contributed by atoms with van der Waals surface area (Å²) in [6.07, 6.45) is 1.09. The molecule has 11 heavy (non-hydrogen) atoms. The van der Waals surface area contributed by atoms with Gasteiger partial charge in [0.15, 0.2) is 0 Å². The van der Waals surface area contributed by atoms with Gasteiger partial charge in [-0.1, -0.05) is 6.92 Å². The van der Waals surface area contributed by atoms with Gasteiger partial charge in [0.2, 0.25) is 5.95 Å². The maximum absolute atomic E-state index is 4.07. The molecule has 0 fully saturated rings. The molecule has 0 saturated heterocycles. The molecule has 0 unspecified atom stereocenters. The molecule has 64 valence electrons. The van der Waals surface area contributed by atoms with Crippen LogP contribution in [0, 0.1) is 6.92 Å². The summed E-state index contributed by atoms with van der Waals surface area (Å²) in [7, 11) is 0. The maximum Gasteiger partial charge on any atom is 0.242 e. The third-order valence-electron chi connectivity index (χ3n) is 1.13. The van der Waals surface area contributed by atoms with Crippen molar-refractivity contribution in [3.8, 4) is 0 Å². The van der Waals surface area contributed by atoms with Crippen LogP contribution in [0.25, 0.3) is 0 Å². The second-order valence-corrected chi connectivity index (χ2v) is 2.17. The van der Waals surface area contributed by atoms with E-state index in [9.17, 15) is 0 Å². The van der Waals surface area contributed by atoms with Gasteiger partial charge < -0.3 is 5.32 Å². The number of hydrogen-bond acceptors (Lipinski definition) is 3. The van der Waals surface area contributed by atoms with Gasteiger partial charge in [-0.3, -0.25) is 5.10 Å². The van der Waals surface area contributed by atoms with Crippen LogP contribution in [-0.2, 0) is 0 Å². The third-order valence-corrected chi connectivity index (χ3v) is 1.13. The second kappa shape index (κ2) is 4.96. The van der Waals surface area contributed by atoms with Gasteiger partial charge in [-0.2, -0.15) is 4.98 Å². The summed E-state index contributed by atoms with van der Waals surface area (Å²) in [6.45, 7) is 4.91. The van der Waals surface area contributed by atoms with Crippen molar-refractivity contribution in [3.05, 3.63) is 5.82 Å². The molecule has 0 aliphatic rings. The third kappa shape index (κ3) is 3.23. The first kappa shape index (κ1) is 10.2. The Balaban J connectivity index is 0.000001000. The lowest BCUT2D eigenvalue weighted by atomic mass is 10.5. The summed E-state index contributed by atoms with van der Waals surface area (Å²) in [5.74, 6) is 1.54. The molecular formula is C6H13ClN4. The smallest absolute Gasteiger partial charge is 0.242 e. The molecule has 1 aromatic heterocycles. The number of rotatable bonds is 3. The van der Waals surface area contributed by atoms with Gasteiger partial charge in [0.05, 0.1) is 0 Å². The zero-order valence-corrected chi connectivity index (χ0v) is 7.53. The van der Waals surface area contributed by atoms with E-state index >= 15 is 0 Å². The molecule has 0 radical (unpaired) electrons. The van der Waals surface area contributed by atoms with E-state index in [0.717, 1.165) is 18.8 Å². The summed E-state index contributed by atoms with van der Waals surface area (Å²) in [5.41, 5.74) is 0. The van der Waals surface area contributed by atoms with Crippen LogP contribution < -0.4 is 5.32 Å². The van der Waals surface area contributed by atoms with E-state index in [1.54, 1.807) is 0 Å². The Bertz CT molecular complexity index is 198. The van der Waals surface area contributed by atoms with Crippen LogP contribution in [0.15, 0.2) is 0 Å². The highest BCUT2D eigenvalue weighted by atomic mass is 35.5. The molecular weight excluding hydrogens is 164 g/mol. The van der Waals surface area contributed by atoms with E-state index in [1.807, 2.05) is 6.92 Å². The average molecular weight is 177 g/mol. The monoisotopic (exact) mass is 176 g/mol. The van der Waals surface area contributed by atoms with Crippen molar-refractivity contribution in [2.24, 2.45) is 0 Å². The van der Waals surface area contributed by atoms with Crippen molar-refractivity contribution < 1.29 is 0 Å². The van der Waals surface area contributed by atoms with Gasteiger partial charge in [-0.25, -0.2) is 0 Å². The number of aryl methyl sites for hydroxylation is 1. The topological polar surface area (TPSA) is 53.6 Å². The Hall–Kier alpha value is -0.770. The molecule has 5 heteroatoms. The highest BCUT2D eigenvalue weighted by Gasteiger charge is 1.94. The number of nitrogens with one attached hydrogen (secondary N) is 2. The molecule has 0 aliphatic heterocycles. The number of halogens is 1. The summed E-state index contributed by atoms with van der Waals surface area (Å²) < 4.78 is 0. The minimum atomic E-state index is 0. The summed E-state index contributed by atoms with van der Waals surface area (Å²) >= 11 is 0. The molecule has 2 N–H and O–H groups in total. The number of anilines is 1. The molecule has 0 aliphatic carbocycles. The summed E-state index contributed by atoms with van der Waals surface area (Å²) in [6, 6.07) is 0. The van der Waals surface area contributed by atoms with E-state index in [4.69, 9.17) is 0 Å². The normalized spacial score (nSPS) is 8.91. The Kier molecular flexibility index (Phi) is 4.61.